The van der Waals surface area contributed by atoms with E-state index in [4.69, 9.17) is 5.73 Å². The summed E-state index contributed by atoms with van der Waals surface area (Å²) < 4.78 is 28.2. The Hall–Kier alpha value is -3.67. The molecule has 10 nitrogen and oxygen atoms in total. The highest BCUT2D eigenvalue weighted by Gasteiger charge is 2.31. The quantitative estimate of drug-likeness (QED) is 0.135. The van der Waals surface area contributed by atoms with Crippen molar-refractivity contribution in [2.75, 3.05) is 25.4 Å². The molecule has 0 radical (unpaired) electrons. The number of nitrogen functional groups attached to an aromatic ring is 1. The van der Waals surface area contributed by atoms with Gasteiger partial charge in [-0.25, -0.2) is 13.2 Å². The Balaban J connectivity index is 1.60. The predicted molar refractivity (Wildman–Crippen MR) is 160 cm³/mol. The number of carbonyl (C=O) groups excluding carboxylic acids is 1. The molecule has 3 aromatic carbocycles. The first-order valence-electron chi connectivity index (χ1n) is 13.7. The summed E-state index contributed by atoms with van der Waals surface area (Å²) in [5.74, 6) is -0.404. The van der Waals surface area contributed by atoms with Crippen LogP contribution in [0.4, 0.5) is 10.5 Å². The van der Waals surface area contributed by atoms with Crippen molar-refractivity contribution in [1.29, 1.82) is 0 Å². The number of carbonyl (C=O) groups is 2. The Morgan fingerprint density at radius 1 is 0.976 bits per heavy atom. The van der Waals surface area contributed by atoms with Gasteiger partial charge < -0.3 is 26.6 Å². The topological polar surface area (TPSA) is 162 Å². The fourth-order valence-corrected chi connectivity index (χ4v) is 6.60. The molecular weight excluding hydrogens is 544 g/mol. The van der Waals surface area contributed by atoms with Crippen LogP contribution in [-0.4, -0.2) is 66.7 Å². The predicted octanol–water partition coefficient (Wildman–Crippen LogP) is 3.59. The van der Waals surface area contributed by atoms with Crippen molar-refractivity contribution in [2.24, 2.45) is 5.92 Å². The van der Waals surface area contributed by atoms with Crippen molar-refractivity contribution in [3.05, 3.63) is 72.3 Å². The van der Waals surface area contributed by atoms with Crippen LogP contribution in [0.5, 0.6) is 0 Å². The molecule has 0 saturated heterocycles. The molecule has 0 aromatic heterocycles. The number of aliphatic hydroxyl groups is 1. The van der Waals surface area contributed by atoms with Crippen molar-refractivity contribution in [3.8, 4) is 0 Å². The zero-order chi connectivity index (χ0) is 30.0. The Bertz CT molecular complexity index is 1410. The lowest BCUT2D eigenvalue weighted by atomic mass is 9.98. The van der Waals surface area contributed by atoms with Crippen LogP contribution in [0.2, 0.25) is 0 Å². The maximum atomic E-state index is 13.4. The van der Waals surface area contributed by atoms with Crippen molar-refractivity contribution in [2.45, 2.75) is 56.5 Å². The van der Waals surface area contributed by atoms with E-state index in [0.717, 1.165) is 16.3 Å². The van der Waals surface area contributed by atoms with E-state index < -0.39 is 34.1 Å². The number of nitrogens with one attached hydrogen (secondary N) is 2. The molecule has 0 fully saturated rings. The highest BCUT2D eigenvalue weighted by Crippen LogP contribution is 2.23. The van der Waals surface area contributed by atoms with Crippen LogP contribution in [0.1, 0.15) is 38.7 Å². The zero-order valence-electron chi connectivity index (χ0n) is 23.5. The number of amides is 2. The van der Waals surface area contributed by atoms with E-state index in [1.165, 1.54) is 28.6 Å². The minimum Gasteiger partial charge on any atom is -0.465 e. The van der Waals surface area contributed by atoms with Gasteiger partial charge in [0.1, 0.15) is 6.04 Å². The van der Waals surface area contributed by atoms with Gasteiger partial charge in [-0.3, -0.25) is 4.79 Å². The van der Waals surface area contributed by atoms with E-state index in [2.05, 4.69) is 10.6 Å². The normalized spacial score (nSPS) is 13.3. The van der Waals surface area contributed by atoms with Crippen molar-refractivity contribution in [1.82, 2.24) is 14.9 Å². The van der Waals surface area contributed by atoms with Crippen LogP contribution in [0.3, 0.4) is 0 Å². The Kier molecular flexibility index (Phi) is 11.5. The second-order valence-electron chi connectivity index (χ2n) is 10.5. The molecular formula is C30H40N4O6S. The molecule has 0 heterocycles. The zero-order valence-corrected chi connectivity index (χ0v) is 24.3. The molecule has 0 spiro atoms. The van der Waals surface area contributed by atoms with E-state index in [0.29, 0.717) is 24.9 Å². The van der Waals surface area contributed by atoms with Crippen LogP contribution < -0.4 is 16.4 Å². The highest BCUT2D eigenvalue weighted by atomic mass is 32.2. The SMILES string of the molecule is CC(C)CN(C(CO)CCCCNC(=O)C(Cc1cccc2ccccc12)NC(=O)O)S(=O)(=O)c1ccc(N)cc1. The number of aliphatic hydroxyl groups excluding tert-OH is 1. The number of sulfonamides is 1. The summed E-state index contributed by atoms with van der Waals surface area (Å²) in [6.45, 7) is 4.00. The third-order valence-electron chi connectivity index (χ3n) is 6.83. The average molecular weight is 585 g/mol. The Labute approximate surface area is 241 Å². The maximum Gasteiger partial charge on any atom is 0.405 e. The fraction of sp³-hybridized carbons (Fsp3) is 0.400. The highest BCUT2D eigenvalue weighted by molar-refractivity contribution is 7.89. The summed E-state index contributed by atoms with van der Waals surface area (Å²) in [5.41, 5.74) is 7.03. The molecule has 0 aliphatic carbocycles. The van der Waals surface area contributed by atoms with Gasteiger partial charge in [-0.2, -0.15) is 4.31 Å². The lowest BCUT2D eigenvalue weighted by molar-refractivity contribution is -0.123. The molecule has 0 bridgehead atoms. The fourth-order valence-electron chi connectivity index (χ4n) is 4.79. The first-order valence-corrected chi connectivity index (χ1v) is 15.2. The lowest BCUT2D eigenvalue weighted by Gasteiger charge is -2.31. The average Bonchev–Trinajstić information content (AvgIpc) is 2.93. The largest absolute Gasteiger partial charge is 0.465 e. The third-order valence-corrected chi connectivity index (χ3v) is 8.76. The molecule has 0 aliphatic rings. The van der Waals surface area contributed by atoms with Gasteiger partial charge in [0.05, 0.1) is 11.5 Å². The summed E-state index contributed by atoms with van der Waals surface area (Å²) in [4.78, 5) is 24.5. The summed E-state index contributed by atoms with van der Waals surface area (Å²) in [7, 11) is -3.86. The van der Waals surface area contributed by atoms with Crippen molar-refractivity contribution >= 4 is 38.5 Å². The van der Waals surface area contributed by atoms with Crippen LogP contribution in [0.25, 0.3) is 10.8 Å². The number of unbranched alkanes of at least 4 members (excludes halogenated alkanes) is 1. The Morgan fingerprint density at radius 3 is 2.32 bits per heavy atom. The van der Waals surface area contributed by atoms with Crippen LogP contribution in [0.15, 0.2) is 71.6 Å². The van der Waals surface area contributed by atoms with Gasteiger partial charge in [0.15, 0.2) is 0 Å². The van der Waals surface area contributed by atoms with Crippen LogP contribution in [-0.2, 0) is 21.2 Å². The number of anilines is 1. The summed E-state index contributed by atoms with van der Waals surface area (Å²) in [5, 5.41) is 26.5. The molecule has 222 valence electrons. The second-order valence-corrected chi connectivity index (χ2v) is 12.4. The van der Waals surface area contributed by atoms with Gasteiger partial charge in [0, 0.05) is 31.2 Å². The number of rotatable bonds is 15. The van der Waals surface area contributed by atoms with Crippen molar-refractivity contribution < 1.29 is 28.2 Å². The second kappa shape index (κ2) is 14.8. The van der Waals surface area contributed by atoms with Gasteiger partial charge in [0.25, 0.3) is 0 Å². The van der Waals surface area contributed by atoms with E-state index in [1.54, 1.807) is 0 Å². The molecule has 2 unspecified atom stereocenters. The number of hydrogen-bond acceptors (Lipinski definition) is 6. The van der Waals surface area contributed by atoms with Crippen LogP contribution >= 0.6 is 0 Å². The molecule has 2 amide bonds. The van der Waals surface area contributed by atoms with Gasteiger partial charge in [-0.15, -0.1) is 0 Å². The summed E-state index contributed by atoms with van der Waals surface area (Å²) >= 11 is 0. The van der Waals surface area contributed by atoms with Gasteiger partial charge in [-0.05, 0) is 59.4 Å². The van der Waals surface area contributed by atoms with E-state index >= 15 is 0 Å². The molecule has 11 heteroatoms. The maximum absolute atomic E-state index is 13.4. The smallest absolute Gasteiger partial charge is 0.405 e. The number of carboxylic acid groups (broad SMARTS) is 1. The first-order chi connectivity index (χ1) is 19.5. The van der Waals surface area contributed by atoms with E-state index in [9.17, 15) is 28.2 Å². The molecule has 3 aromatic rings. The molecule has 0 aliphatic heterocycles. The van der Waals surface area contributed by atoms with Crippen LogP contribution in [0, 0.1) is 5.92 Å². The number of hydrogen-bond donors (Lipinski definition) is 5. The number of nitrogens with two attached hydrogens (primary N) is 1. The molecule has 6 N–H and O–H groups in total. The van der Waals surface area contributed by atoms with Gasteiger partial charge in [-0.1, -0.05) is 62.7 Å². The number of nitrogens with zero attached hydrogens (tertiary/aromatic N) is 1. The standard InChI is InChI=1S/C30H40N4O6S/c1-21(2)19-34(41(39,40)26-15-13-24(31)14-16-26)25(20-35)11-5-6-17-32-29(36)28(33-30(37)38)18-23-10-7-9-22-8-3-4-12-27(22)23/h3-4,7-10,12-16,21,25,28,33,35H,5-6,11,17-20,31H2,1-2H3,(H,32,36)(H,37,38). The molecule has 2 atom stereocenters. The Morgan fingerprint density at radius 2 is 1.66 bits per heavy atom. The van der Waals surface area contributed by atoms with E-state index in [-0.39, 0.29) is 36.9 Å². The third kappa shape index (κ3) is 8.91. The van der Waals surface area contributed by atoms with Gasteiger partial charge in [0.2, 0.25) is 15.9 Å². The van der Waals surface area contributed by atoms with E-state index in [1.807, 2.05) is 56.3 Å². The summed E-state index contributed by atoms with van der Waals surface area (Å²) in [6, 6.07) is 17.8. The molecule has 0 saturated carbocycles. The minimum atomic E-state index is -3.86. The van der Waals surface area contributed by atoms with Gasteiger partial charge >= 0.3 is 6.09 Å². The minimum absolute atomic E-state index is 0.0345. The van der Waals surface area contributed by atoms with Crippen molar-refractivity contribution in [3.63, 3.8) is 0 Å². The number of benzene rings is 3. The monoisotopic (exact) mass is 584 g/mol. The molecule has 3 rings (SSSR count). The lowest BCUT2D eigenvalue weighted by Crippen LogP contribution is -2.48. The number of fused-ring (bicyclic) bond motifs is 1. The summed E-state index contributed by atoms with van der Waals surface area (Å²) in [6.07, 6.45) is 0.355. The first kappa shape index (κ1) is 31.9. The molecule has 41 heavy (non-hydrogen) atoms.